The van der Waals surface area contributed by atoms with Crippen LogP contribution in [-0.4, -0.2) is 85.5 Å². The molecule has 0 bridgehead atoms. The highest BCUT2D eigenvalue weighted by atomic mass is 35.6. The van der Waals surface area contributed by atoms with Crippen LogP contribution in [0.25, 0.3) is 0 Å². The Morgan fingerprint density at radius 2 is 1.56 bits per heavy atom. The van der Waals surface area contributed by atoms with Crippen molar-refractivity contribution in [1.29, 1.82) is 0 Å². The quantitative estimate of drug-likeness (QED) is 0.726. The topological polar surface area (TPSA) is 75.6 Å². The summed E-state index contributed by atoms with van der Waals surface area (Å²) in [6.45, 7) is 7.57. The summed E-state index contributed by atoms with van der Waals surface area (Å²) in [6.07, 6.45) is 0. The Morgan fingerprint density at radius 3 is 2.20 bits per heavy atom. The molecule has 0 amide bonds. The Balaban J connectivity index is 1.68. The zero-order chi connectivity index (χ0) is 17.7. The summed E-state index contributed by atoms with van der Waals surface area (Å²) < 4.78 is 9.00. The Labute approximate surface area is 161 Å². The third-order valence-electron chi connectivity index (χ3n) is 3.99. The third-order valence-corrected chi connectivity index (χ3v) is 4.49. The van der Waals surface area contributed by atoms with Gasteiger partial charge in [0, 0.05) is 39.3 Å². The minimum atomic E-state index is -1.70. The van der Waals surface area contributed by atoms with Crippen LogP contribution in [0.3, 0.4) is 0 Å². The van der Waals surface area contributed by atoms with Gasteiger partial charge in [-0.15, -0.1) is 0 Å². The van der Waals surface area contributed by atoms with E-state index in [-0.39, 0.29) is 5.82 Å². The van der Waals surface area contributed by atoms with E-state index >= 15 is 0 Å². The zero-order valence-corrected chi connectivity index (χ0v) is 16.0. The van der Waals surface area contributed by atoms with Gasteiger partial charge in [-0.25, -0.2) is 0 Å². The lowest BCUT2D eigenvalue weighted by Gasteiger charge is -2.28. The molecule has 3 rings (SSSR count). The van der Waals surface area contributed by atoms with Crippen molar-refractivity contribution >= 4 is 46.7 Å². The first-order chi connectivity index (χ1) is 12.0. The maximum absolute atomic E-state index is 5.98. The molecule has 2 fully saturated rings. The Bertz CT molecular complexity index is 562. The molecule has 25 heavy (non-hydrogen) atoms. The number of ether oxygens (including phenoxy) is 2. The van der Waals surface area contributed by atoms with Crippen LogP contribution in [0.15, 0.2) is 0 Å². The monoisotopic (exact) mass is 410 g/mol. The standard InChI is InChI=1S/C14H21Cl3N6O2/c15-14(16,17)11-19-12(18-1-2-22-3-7-24-8-4-22)21-13(20-11)23-5-9-25-10-6-23/h1-10H2,(H,18,19,20,21). The van der Waals surface area contributed by atoms with E-state index in [2.05, 4.69) is 25.2 Å². The summed E-state index contributed by atoms with van der Waals surface area (Å²) in [5.74, 6) is 1.02. The van der Waals surface area contributed by atoms with E-state index in [0.717, 1.165) is 32.8 Å². The van der Waals surface area contributed by atoms with Crippen molar-refractivity contribution in [2.75, 3.05) is 75.9 Å². The first-order valence-corrected chi connectivity index (χ1v) is 9.36. The van der Waals surface area contributed by atoms with Crippen LogP contribution >= 0.6 is 34.8 Å². The van der Waals surface area contributed by atoms with Crippen molar-refractivity contribution in [3.05, 3.63) is 5.82 Å². The fourth-order valence-corrected chi connectivity index (χ4v) is 2.88. The van der Waals surface area contributed by atoms with Gasteiger partial charge in [0.25, 0.3) is 0 Å². The molecule has 2 aliphatic rings. The Hall–Kier alpha value is -0.640. The van der Waals surface area contributed by atoms with Gasteiger partial charge in [-0.05, 0) is 0 Å². The van der Waals surface area contributed by atoms with E-state index in [1.165, 1.54) is 0 Å². The van der Waals surface area contributed by atoms with E-state index in [9.17, 15) is 0 Å². The van der Waals surface area contributed by atoms with Gasteiger partial charge in [-0.1, -0.05) is 34.8 Å². The maximum Gasteiger partial charge on any atom is 0.250 e. The molecule has 0 atom stereocenters. The summed E-state index contributed by atoms with van der Waals surface area (Å²) in [7, 11) is 0. The van der Waals surface area contributed by atoms with Gasteiger partial charge in [0.15, 0.2) is 5.82 Å². The lowest BCUT2D eigenvalue weighted by Crippen LogP contribution is -2.39. The summed E-state index contributed by atoms with van der Waals surface area (Å²) in [5, 5.41) is 3.21. The van der Waals surface area contributed by atoms with Crippen LogP contribution in [0.2, 0.25) is 0 Å². The number of nitrogens with zero attached hydrogens (tertiary/aromatic N) is 5. The molecule has 0 unspecified atom stereocenters. The van der Waals surface area contributed by atoms with Gasteiger partial charge >= 0.3 is 0 Å². The van der Waals surface area contributed by atoms with E-state index in [0.29, 0.717) is 44.7 Å². The summed E-state index contributed by atoms with van der Waals surface area (Å²) in [4.78, 5) is 17.3. The second-order valence-corrected chi connectivity index (χ2v) is 8.04. The predicted octanol–water partition coefficient (Wildman–Crippen LogP) is 1.28. The van der Waals surface area contributed by atoms with Crippen LogP contribution in [0.1, 0.15) is 5.82 Å². The van der Waals surface area contributed by atoms with Crippen molar-refractivity contribution in [3.8, 4) is 0 Å². The van der Waals surface area contributed by atoms with E-state index in [1.54, 1.807) is 0 Å². The molecule has 2 saturated heterocycles. The fraction of sp³-hybridized carbons (Fsp3) is 0.786. The highest BCUT2D eigenvalue weighted by Crippen LogP contribution is 2.36. The van der Waals surface area contributed by atoms with Crippen LogP contribution in [0.4, 0.5) is 11.9 Å². The molecular formula is C14H21Cl3N6O2. The second kappa shape index (κ2) is 8.83. The zero-order valence-electron chi connectivity index (χ0n) is 13.8. The van der Waals surface area contributed by atoms with Gasteiger partial charge in [0.2, 0.25) is 15.7 Å². The highest BCUT2D eigenvalue weighted by molar-refractivity contribution is 6.66. The van der Waals surface area contributed by atoms with Crippen LogP contribution < -0.4 is 10.2 Å². The molecule has 1 N–H and O–H groups in total. The molecule has 1 aromatic heterocycles. The number of hydrogen-bond donors (Lipinski definition) is 1. The van der Waals surface area contributed by atoms with Gasteiger partial charge in [0.05, 0.1) is 26.4 Å². The van der Waals surface area contributed by atoms with Gasteiger partial charge < -0.3 is 19.7 Å². The number of anilines is 2. The molecule has 1 aromatic rings. The van der Waals surface area contributed by atoms with Crippen molar-refractivity contribution in [3.63, 3.8) is 0 Å². The largest absolute Gasteiger partial charge is 0.379 e. The summed E-state index contributed by atoms with van der Waals surface area (Å²) in [6, 6.07) is 0. The number of rotatable bonds is 5. The Kier molecular flexibility index (Phi) is 6.76. The maximum atomic E-state index is 5.98. The molecule has 2 aliphatic heterocycles. The minimum absolute atomic E-state index is 0.114. The lowest BCUT2D eigenvalue weighted by atomic mass is 10.4. The summed E-state index contributed by atoms with van der Waals surface area (Å²) in [5.41, 5.74) is 0. The average Bonchev–Trinajstić information content (AvgIpc) is 2.62. The van der Waals surface area contributed by atoms with Crippen molar-refractivity contribution in [1.82, 2.24) is 19.9 Å². The molecule has 140 valence electrons. The van der Waals surface area contributed by atoms with Crippen molar-refractivity contribution in [2.24, 2.45) is 0 Å². The number of aromatic nitrogens is 3. The second-order valence-electron chi connectivity index (χ2n) is 5.76. The first-order valence-electron chi connectivity index (χ1n) is 8.22. The smallest absolute Gasteiger partial charge is 0.250 e. The first kappa shape index (κ1) is 19.1. The van der Waals surface area contributed by atoms with E-state index in [1.807, 2.05) is 4.90 Å². The molecule has 8 nitrogen and oxygen atoms in total. The van der Waals surface area contributed by atoms with Gasteiger partial charge in [-0.2, -0.15) is 15.0 Å². The number of alkyl halides is 3. The minimum Gasteiger partial charge on any atom is -0.379 e. The SMILES string of the molecule is ClC(Cl)(Cl)c1nc(NCCN2CCOCC2)nc(N2CCOCC2)n1. The molecule has 0 saturated carbocycles. The van der Waals surface area contributed by atoms with E-state index in [4.69, 9.17) is 44.3 Å². The fourth-order valence-electron chi connectivity index (χ4n) is 2.63. The summed E-state index contributed by atoms with van der Waals surface area (Å²) >= 11 is 17.9. The molecule has 0 aromatic carbocycles. The van der Waals surface area contributed by atoms with Crippen LogP contribution in [0.5, 0.6) is 0 Å². The van der Waals surface area contributed by atoms with Gasteiger partial charge in [-0.3, -0.25) is 4.90 Å². The molecule has 0 radical (unpaired) electrons. The van der Waals surface area contributed by atoms with Crippen molar-refractivity contribution in [2.45, 2.75) is 3.79 Å². The number of hydrogen-bond acceptors (Lipinski definition) is 8. The molecular weight excluding hydrogens is 391 g/mol. The van der Waals surface area contributed by atoms with Crippen LogP contribution in [-0.2, 0) is 13.3 Å². The van der Waals surface area contributed by atoms with Crippen LogP contribution in [0, 0.1) is 0 Å². The highest BCUT2D eigenvalue weighted by Gasteiger charge is 2.29. The van der Waals surface area contributed by atoms with Crippen molar-refractivity contribution < 1.29 is 9.47 Å². The molecule has 0 spiro atoms. The third kappa shape index (κ3) is 5.67. The molecule has 3 heterocycles. The average molecular weight is 412 g/mol. The normalized spacial score (nSPS) is 19.9. The Morgan fingerprint density at radius 1 is 0.920 bits per heavy atom. The molecule has 11 heteroatoms. The number of morpholine rings is 2. The number of nitrogens with one attached hydrogen (secondary N) is 1. The predicted molar refractivity (Wildman–Crippen MR) is 97.8 cm³/mol. The lowest BCUT2D eigenvalue weighted by molar-refractivity contribution is 0.0398. The number of halogens is 3. The molecule has 0 aliphatic carbocycles. The van der Waals surface area contributed by atoms with E-state index < -0.39 is 3.79 Å². The van der Waals surface area contributed by atoms with Gasteiger partial charge in [0.1, 0.15) is 0 Å².